The zero-order valence-corrected chi connectivity index (χ0v) is 29.2. The molecule has 4 N–H and O–H groups in total. The van der Waals surface area contributed by atoms with Gasteiger partial charge in [-0.2, -0.15) is 16.8 Å². The van der Waals surface area contributed by atoms with E-state index in [-0.39, 0.29) is 48.6 Å². The van der Waals surface area contributed by atoms with Gasteiger partial charge in [0.05, 0.1) is 19.6 Å². The normalized spacial score (nSPS) is 11.1. The fourth-order valence-electron chi connectivity index (χ4n) is 2.55. The van der Waals surface area contributed by atoms with Crippen LogP contribution in [0.25, 0.3) is 0 Å². The van der Waals surface area contributed by atoms with Crippen molar-refractivity contribution in [3.05, 3.63) is 97.1 Å². The van der Waals surface area contributed by atoms with Crippen LogP contribution in [0.5, 0.6) is 23.0 Å². The van der Waals surface area contributed by atoms with Gasteiger partial charge in [-0.15, -0.1) is 11.5 Å². The van der Waals surface area contributed by atoms with Crippen LogP contribution in [0.1, 0.15) is 0 Å². The molecule has 4 aromatic rings. The zero-order chi connectivity index (χ0) is 33.9. The van der Waals surface area contributed by atoms with Crippen LogP contribution in [0.4, 0.5) is 0 Å². The molecule has 0 aliphatic heterocycles. The largest absolute Gasteiger partial charge is 0.872 e. The van der Waals surface area contributed by atoms with E-state index in [4.69, 9.17) is 19.3 Å². The average Bonchev–Trinajstić information content (AvgIpc) is 2.88. The molecule has 0 aliphatic rings. The van der Waals surface area contributed by atoms with Crippen LogP contribution < -0.4 is 10.2 Å². The van der Waals surface area contributed by atoms with Crippen LogP contribution in [0, 0.1) is 0 Å². The maximum atomic E-state index is 10.5. The second kappa shape index (κ2) is 17.4. The van der Waals surface area contributed by atoms with E-state index in [2.05, 4.69) is 0 Å². The number of rotatable bonds is 4. The number of phenols is 2. The Hall–Kier alpha value is -3.36. The minimum atomic E-state index is -4.48. The van der Waals surface area contributed by atoms with E-state index in [1.54, 1.807) is 0 Å². The summed E-state index contributed by atoms with van der Waals surface area (Å²) in [5, 5.41) is 38.7. The van der Waals surface area contributed by atoms with Crippen molar-refractivity contribution >= 4 is 67.8 Å². The van der Waals surface area contributed by atoms with Gasteiger partial charge in [0, 0.05) is 39.4 Å². The summed E-state index contributed by atoms with van der Waals surface area (Å²) in [5.41, 5.74) is 0. The molecule has 21 heteroatoms. The monoisotopic (exact) mass is 900 g/mol. The predicted octanol–water partition coefficient (Wildman–Crippen LogP) is 0.226. The first-order valence-corrected chi connectivity index (χ1v) is 16.7. The average molecular weight is 900 g/mol. The third-order valence-corrected chi connectivity index (χ3v) is 7.78. The molecule has 244 valence electrons. The first-order chi connectivity index (χ1) is 20.0. The molecule has 0 aliphatic carbocycles. The molecule has 0 spiro atoms. The van der Waals surface area contributed by atoms with Crippen molar-refractivity contribution in [1.82, 2.24) is 0 Å². The Morgan fingerprint density at radius 2 is 0.711 bits per heavy atom. The molecule has 45 heavy (non-hydrogen) atoms. The van der Waals surface area contributed by atoms with Gasteiger partial charge in [0.1, 0.15) is 31.7 Å². The summed E-state index contributed by atoms with van der Waals surface area (Å²) in [5.74, 6) is -1.36. The van der Waals surface area contributed by atoms with Crippen molar-refractivity contribution in [2.24, 2.45) is 0 Å². The first kappa shape index (κ1) is 41.6. The molecule has 4 rings (SSSR count). The number of hydrogen-bond acceptors (Lipinski definition) is 14. The van der Waals surface area contributed by atoms with Crippen molar-refractivity contribution < 1.29 is 72.3 Å². The fraction of sp³-hybridized carbons (Fsp3) is 0. The summed E-state index contributed by atoms with van der Waals surface area (Å²) in [6, 6.07) is 18.2. The number of benzene rings is 4. The summed E-state index contributed by atoms with van der Waals surface area (Å²) in [6.45, 7) is 0. The zero-order valence-electron chi connectivity index (χ0n) is 22.1. The summed E-state index contributed by atoms with van der Waals surface area (Å²) in [6.07, 6.45) is 0. The van der Waals surface area contributed by atoms with Gasteiger partial charge < -0.3 is 29.5 Å². The van der Waals surface area contributed by atoms with E-state index in [0.717, 1.165) is 36.4 Å². The molecule has 0 fully saturated rings. The van der Waals surface area contributed by atoms with Gasteiger partial charge in [-0.3, -0.25) is 9.11 Å². The smallest absolute Gasteiger partial charge is 0.294 e. The van der Waals surface area contributed by atoms with E-state index >= 15 is 0 Å². The summed E-state index contributed by atoms with van der Waals surface area (Å²) in [7, 11) is -17.3. The van der Waals surface area contributed by atoms with Gasteiger partial charge in [-0.05, 0) is 36.4 Å². The third-order valence-electron chi connectivity index (χ3n) is 4.42. The van der Waals surface area contributed by atoms with Crippen molar-refractivity contribution in [3.63, 3.8) is 0 Å². The van der Waals surface area contributed by atoms with Crippen molar-refractivity contribution in [2.45, 2.75) is 19.6 Å². The molecule has 4 radical (unpaired) electrons. The standard InChI is InChI=1S/4C6H6O4S.Pb/c4*7-5-2-1-3-6(4-5)11(8,9)10;/h4*1-4,7H,(H,8,9,10);/p-4. The summed E-state index contributed by atoms with van der Waals surface area (Å²) < 4.78 is 120. The molecular weight excluding hydrogens is 880 g/mol. The number of aromatic hydroxyl groups is 2. The van der Waals surface area contributed by atoms with Crippen LogP contribution in [0.3, 0.4) is 0 Å². The molecule has 16 nitrogen and oxygen atoms in total. The fourth-order valence-corrected chi connectivity index (χ4v) is 4.60. The Morgan fingerprint density at radius 1 is 0.444 bits per heavy atom. The Kier molecular flexibility index (Phi) is 16.1. The first-order valence-electron chi connectivity index (χ1n) is 11.0. The molecule has 0 amide bonds. The molecule has 0 heterocycles. The van der Waals surface area contributed by atoms with Crippen LogP contribution in [0.2, 0.25) is 0 Å². The summed E-state index contributed by atoms with van der Waals surface area (Å²) in [4.78, 5) is -1.58. The number of hydrogen-bond donors (Lipinski definition) is 4. The number of phenolic OH excluding ortho intramolecular Hbond substituents is 2. The second-order valence-corrected chi connectivity index (χ2v) is 13.4. The van der Waals surface area contributed by atoms with Crippen molar-refractivity contribution in [1.29, 1.82) is 0 Å². The molecular formula is C24H20O16PbS4-4. The molecule has 4 aromatic carbocycles. The van der Waals surface area contributed by atoms with Crippen LogP contribution >= 0.6 is 0 Å². The topological polar surface area (TPSA) is 310 Å². The van der Waals surface area contributed by atoms with Gasteiger partial charge in [-0.25, -0.2) is 16.8 Å². The van der Waals surface area contributed by atoms with E-state index in [9.17, 15) is 53.0 Å². The quantitative estimate of drug-likeness (QED) is 0.157. The minimum absolute atomic E-state index is 0. The second-order valence-electron chi connectivity index (χ2n) is 7.80. The molecule has 0 unspecified atom stereocenters. The van der Waals surface area contributed by atoms with Crippen LogP contribution in [-0.2, 0) is 40.5 Å². The van der Waals surface area contributed by atoms with Crippen molar-refractivity contribution in [3.8, 4) is 23.0 Å². The van der Waals surface area contributed by atoms with Crippen LogP contribution in [-0.4, -0.2) is 89.4 Å². The van der Waals surface area contributed by atoms with Crippen LogP contribution in [0.15, 0.2) is 117 Å². The van der Waals surface area contributed by atoms with E-state index in [1.807, 2.05) is 0 Å². The Balaban J connectivity index is 0.000000569. The van der Waals surface area contributed by atoms with Gasteiger partial charge in [0.15, 0.2) is 0 Å². The molecule has 0 atom stereocenters. The van der Waals surface area contributed by atoms with E-state index < -0.39 is 61.8 Å². The SMILES string of the molecule is O=S(=O)(O)c1cccc(O)c1.O=S(=O)(O)c1cccc(O)c1.O=S(=O)([O-])c1cccc([O-])c1.O=S(=O)([O-])c1cccc([O-])c1.[Pb]. The van der Waals surface area contributed by atoms with Gasteiger partial charge in [-0.1, -0.05) is 48.5 Å². The van der Waals surface area contributed by atoms with Gasteiger partial charge in [0.25, 0.3) is 20.2 Å². The Morgan fingerprint density at radius 3 is 0.889 bits per heavy atom. The maximum absolute atomic E-state index is 10.5. The summed E-state index contributed by atoms with van der Waals surface area (Å²) >= 11 is 0. The third kappa shape index (κ3) is 16.5. The Bertz CT molecular complexity index is 1720. The maximum Gasteiger partial charge on any atom is 0.294 e. The Labute approximate surface area is 278 Å². The predicted molar refractivity (Wildman–Crippen MR) is 149 cm³/mol. The van der Waals surface area contributed by atoms with E-state index in [1.165, 1.54) is 60.7 Å². The minimum Gasteiger partial charge on any atom is -0.872 e. The van der Waals surface area contributed by atoms with Gasteiger partial charge >= 0.3 is 0 Å². The van der Waals surface area contributed by atoms with Gasteiger partial charge in [0.2, 0.25) is 0 Å². The molecule has 0 saturated carbocycles. The molecule has 0 aromatic heterocycles. The molecule has 0 saturated heterocycles. The van der Waals surface area contributed by atoms with Crippen molar-refractivity contribution in [2.75, 3.05) is 0 Å². The molecule has 0 bridgehead atoms. The van der Waals surface area contributed by atoms with E-state index in [0.29, 0.717) is 0 Å².